The minimum Gasteiger partial charge on any atom is -0.347 e. The molecule has 0 N–H and O–H groups in total. The average molecular weight is 273 g/mol. The average Bonchev–Trinajstić information content (AvgIpc) is 2.83. The lowest BCUT2D eigenvalue weighted by Crippen LogP contribution is -2.15. The second kappa shape index (κ2) is 4.93. The van der Waals surface area contributed by atoms with E-state index in [9.17, 15) is 4.39 Å². The van der Waals surface area contributed by atoms with E-state index in [1.54, 1.807) is 23.6 Å². The molecule has 3 aromatic rings. The highest BCUT2D eigenvalue weighted by molar-refractivity contribution is 7.22. The molecular formula is C14H12FN3S. The second-order valence-electron chi connectivity index (χ2n) is 4.33. The van der Waals surface area contributed by atoms with Gasteiger partial charge < -0.3 is 4.90 Å². The van der Waals surface area contributed by atoms with Gasteiger partial charge in [-0.1, -0.05) is 17.4 Å². The summed E-state index contributed by atoms with van der Waals surface area (Å²) in [6.45, 7) is 0.732. The Hall–Kier alpha value is -2.01. The molecule has 0 saturated heterocycles. The number of fused-ring (bicyclic) bond motifs is 1. The van der Waals surface area contributed by atoms with Crippen LogP contribution in [0.5, 0.6) is 0 Å². The first-order chi connectivity index (χ1) is 9.22. The number of pyridine rings is 1. The predicted octanol–water partition coefficient (Wildman–Crippen LogP) is 3.47. The number of halogens is 1. The maximum Gasteiger partial charge on any atom is 0.186 e. The van der Waals surface area contributed by atoms with Gasteiger partial charge in [0.2, 0.25) is 0 Å². The smallest absolute Gasteiger partial charge is 0.186 e. The summed E-state index contributed by atoms with van der Waals surface area (Å²) in [4.78, 5) is 10.6. The number of nitrogens with zero attached hydrogens (tertiary/aromatic N) is 3. The molecule has 0 spiro atoms. The van der Waals surface area contributed by atoms with Crippen molar-refractivity contribution in [3.05, 3.63) is 54.1 Å². The van der Waals surface area contributed by atoms with Crippen LogP contribution in [0.25, 0.3) is 10.2 Å². The fourth-order valence-corrected chi connectivity index (χ4v) is 2.79. The molecule has 1 aromatic carbocycles. The molecule has 3 nitrogen and oxygen atoms in total. The van der Waals surface area contributed by atoms with Crippen LogP contribution in [0, 0.1) is 5.82 Å². The van der Waals surface area contributed by atoms with E-state index in [0.29, 0.717) is 5.52 Å². The first-order valence-corrected chi connectivity index (χ1v) is 6.70. The van der Waals surface area contributed by atoms with Crippen molar-refractivity contribution >= 4 is 26.7 Å². The molecule has 19 heavy (non-hydrogen) atoms. The molecule has 0 unspecified atom stereocenters. The van der Waals surface area contributed by atoms with Crippen molar-refractivity contribution in [1.82, 2.24) is 9.97 Å². The quantitative estimate of drug-likeness (QED) is 0.731. The third-order valence-corrected chi connectivity index (χ3v) is 3.96. The van der Waals surface area contributed by atoms with Crippen LogP contribution in [0.2, 0.25) is 0 Å². The van der Waals surface area contributed by atoms with Crippen LogP contribution in [0.15, 0.2) is 42.7 Å². The largest absolute Gasteiger partial charge is 0.347 e. The zero-order chi connectivity index (χ0) is 13.2. The van der Waals surface area contributed by atoms with Crippen LogP contribution in [0.1, 0.15) is 5.56 Å². The molecule has 96 valence electrons. The first kappa shape index (κ1) is 12.0. The van der Waals surface area contributed by atoms with E-state index in [2.05, 4.69) is 9.97 Å². The summed E-state index contributed by atoms with van der Waals surface area (Å²) in [6, 6.07) is 8.63. The van der Waals surface area contributed by atoms with Crippen LogP contribution < -0.4 is 4.90 Å². The van der Waals surface area contributed by atoms with E-state index in [-0.39, 0.29) is 5.82 Å². The molecule has 0 aliphatic heterocycles. The van der Waals surface area contributed by atoms with Crippen LogP contribution in [0.3, 0.4) is 0 Å². The molecule has 0 aliphatic carbocycles. The van der Waals surface area contributed by atoms with Gasteiger partial charge in [-0.3, -0.25) is 4.98 Å². The number of anilines is 1. The minimum atomic E-state index is -0.251. The molecule has 0 aliphatic rings. The van der Waals surface area contributed by atoms with Gasteiger partial charge in [0, 0.05) is 32.1 Å². The van der Waals surface area contributed by atoms with Crippen molar-refractivity contribution in [2.75, 3.05) is 11.9 Å². The highest BCUT2D eigenvalue weighted by Crippen LogP contribution is 2.29. The zero-order valence-electron chi connectivity index (χ0n) is 10.4. The van der Waals surface area contributed by atoms with E-state index < -0.39 is 0 Å². The lowest BCUT2D eigenvalue weighted by atomic mass is 10.3. The zero-order valence-corrected chi connectivity index (χ0v) is 11.2. The van der Waals surface area contributed by atoms with Gasteiger partial charge >= 0.3 is 0 Å². The summed E-state index contributed by atoms with van der Waals surface area (Å²) in [5.74, 6) is -0.251. The number of rotatable bonds is 3. The van der Waals surface area contributed by atoms with E-state index in [4.69, 9.17) is 0 Å². The number of benzene rings is 1. The highest BCUT2D eigenvalue weighted by atomic mass is 32.1. The summed E-state index contributed by atoms with van der Waals surface area (Å²) < 4.78 is 14.1. The summed E-state index contributed by atoms with van der Waals surface area (Å²) in [7, 11) is 1.97. The maximum absolute atomic E-state index is 13.1. The monoisotopic (exact) mass is 273 g/mol. The molecule has 0 radical (unpaired) electrons. The van der Waals surface area contributed by atoms with Crippen LogP contribution in [-0.4, -0.2) is 17.0 Å². The summed E-state index contributed by atoms with van der Waals surface area (Å²) in [5, 5.41) is 0.879. The third kappa shape index (κ3) is 2.56. The number of aromatic nitrogens is 2. The van der Waals surface area contributed by atoms with Crippen molar-refractivity contribution in [2.45, 2.75) is 6.54 Å². The van der Waals surface area contributed by atoms with Gasteiger partial charge in [-0.15, -0.1) is 0 Å². The third-order valence-electron chi connectivity index (χ3n) is 2.81. The van der Waals surface area contributed by atoms with Crippen LogP contribution >= 0.6 is 11.3 Å². The Morgan fingerprint density at radius 2 is 2.21 bits per heavy atom. The maximum atomic E-state index is 13.1. The van der Waals surface area contributed by atoms with Crippen LogP contribution in [0.4, 0.5) is 9.52 Å². The lowest BCUT2D eigenvalue weighted by molar-refractivity contribution is 0.629. The van der Waals surface area contributed by atoms with Crippen molar-refractivity contribution < 1.29 is 4.39 Å². The highest BCUT2D eigenvalue weighted by Gasteiger charge is 2.09. The van der Waals surface area contributed by atoms with Gasteiger partial charge in [0.25, 0.3) is 0 Å². The molecule has 3 rings (SSSR count). The van der Waals surface area contributed by atoms with E-state index in [1.807, 2.05) is 30.3 Å². The minimum absolute atomic E-state index is 0.251. The van der Waals surface area contributed by atoms with Crippen molar-refractivity contribution in [3.63, 3.8) is 0 Å². The van der Waals surface area contributed by atoms with E-state index >= 15 is 0 Å². The van der Waals surface area contributed by atoms with Crippen molar-refractivity contribution in [3.8, 4) is 0 Å². The first-order valence-electron chi connectivity index (χ1n) is 5.88. The van der Waals surface area contributed by atoms with Gasteiger partial charge in [0.15, 0.2) is 5.13 Å². The molecule has 2 aromatic heterocycles. The van der Waals surface area contributed by atoms with Gasteiger partial charge in [-0.25, -0.2) is 9.37 Å². The Kier molecular flexibility index (Phi) is 3.13. The second-order valence-corrected chi connectivity index (χ2v) is 5.33. The van der Waals surface area contributed by atoms with Crippen molar-refractivity contribution in [1.29, 1.82) is 0 Å². The summed E-state index contributed by atoms with van der Waals surface area (Å²) in [6.07, 6.45) is 3.59. The van der Waals surface area contributed by atoms with Crippen molar-refractivity contribution in [2.24, 2.45) is 0 Å². The molecule has 0 amide bonds. The standard InChI is InChI=1S/C14H12FN3S/c1-18(9-10-3-2-6-16-8-10)14-17-12-7-11(15)4-5-13(12)19-14/h2-8H,9H2,1H3. The molecule has 5 heteroatoms. The molecule has 0 saturated carbocycles. The number of hydrogen-bond donors (Lipinski definition) is 0. The summed E-state index contributed by atoms with van der Waals surface area (Å²) >= 11 is 1.56. The van der Waals surface area contributed by atoms with Gasteiger partial charge in [0.05, 0.1) is 10.2 Å². The molecule has 0 fully saturated rings. The molecular weight excluding hydrogens is 261 g/mol. The van der Waals surface area contributed by atoms with Gasteiger partial charge in [0.1, 0.15) is 5.82 Å². The molecule has 0 atom stereocenters. The van der Waals surface area contributed by atoms with E-state index in [1.165, 1.54) is 12.1 Å². The summed E-state index contributed by atoms with van der Waals surface area (Å²) in [5.41, 5.74) is 1.83. The van der Waals surface area contributed by atoms with E-state index in [0.717, 1.165) is 21.9 Å². The number of thiazole rings is 1. The van der Waals surface area contributed by atoms with Gasteiger partial charge in [-0.05, 0) is 23.8 Å². The fraction of sp³-hybridized carbons (Fsp3) is 0.143. The Morgan fingerprint density at radius 1 is 1.32 bits per heavy atom. The lowest BCUT2D eigenvalue weighted by Gasteiger charge is -2.14. The predicted molar refractivity (Wildman–Crippen MR) is 75.9 cm³/mol. The van der Waals surface area contributed by atoms with Crippen LogP contribution in [-0.2, 0) is 6.54 Å². The fourth-order valence-electron chi connectivity index (χ4n) is 1.88. The Labute approximate surface area is 114 Å². The molecule has 0 bridgehead atoms. The van der Waals surface area contributed by atoms with Gasteiger partial charge in [-0.2, -0.15) is 0 Å². The Balaban J connectivity index is 1.87. The normalized spacial score (nSPS) is 10.8. The number of hydrogen-bond acceptors (Lipinski definition) is 4. The topological polar surface area (TPSA) is 29.0 Å². The SMILES string of the molecule is CN(Cc1cccnc1)c1nc2cc(F)ccc2s1. The Bertz CT molecular complexity index is 696. The molecule has 2 heterocycles. The Morgan fingerprint density at radius 3 is 3.00 bits per heavy atom.